The van der Waals surface area contributed by atoms with Crippen molar-refractivity contribution in [2.75, 3.05) is 20.3 Å². The highest BCUT2D eigenvalue weighted by Gasteiger charge is 2.20. The standard InChI is InChI=1S/C20H20N2O6S/c1-26-12-16-15-4-2-3-5-17(15)28-18(16)19(23)21-10-11-27-13-6-8-14(9-7-13)29-20(24)22-25/h2-9,25H,10-12H2,1H3,(H,21,23)(H,22,24). The van der Waals surface area contributed by atoms with Crippen molar-refractivity contribution in [2.24, 2.45) is 0 Å². The van der Waals surface area contributed by atoms with E-state index in [9.17, 15) is 9.59 Å². The summed E-state index contributed by atoms with van der Waals surface area (Å²) in [6, 6.07) is 14.2. The Labute approximate surface area is 171 Å². The van der Waals surface area contributed by atoms with Gasteiger partial charge >= 0.3 is 5.24 Å². The molecule has 0 radical (unpaired) electrons. The highest BCUT2D eigenvalue weighted by atomic mass is 32.2. The Balaban J connectivity index is 1.53. The van der Waals surface area contributed by atoms with E-state index in [1.54, 1.807) is 42.9 Å². The van der Waals surface area contributed by atoms with Crippen molar-refractivity contribution in [3.05, 3.63) is 59.9 Å². The van der Waals surface area contributed by atoms with Crippen LogP contribution in [0.1, 0.15) is 16.1 Å². The zero-order valence-electron chi connectivity index (χ0n) is 15.6. The minimum absolute atomic E-state index is 0.233. The third-order valence-corrected chi connectivity index (χ3v) is 4.76. The monoisotopic (exact) mass is 416 g/mol. The number of nitrogens with one attached hydrogen (secondary N) is 2. The molecule has 9 heteroatoms. The SMILES string of the molecule is COCc1c(C(=O)NCCOc2ccc(SC(=O)NO)cc2)oc2ccccc12. The zero-order chi connectivity index (χ0) is 20.6. The van der Waals surface area contributed by atoms with Gasteiger partial charge in [-0.2, -0.15) is 0 Å². The summed E-state index contributed by atoms with van der Waals surface area (Å²) in [6.07, 6.45) is 0. The minimum atomic E-state index is -0.570. The second kappa shape index (κ2) is 9.97. The Morgan fingerprint density at radius 3 is 2.62 bits per heavy atom. The summed E-state index contributed by atoms with van der Waals surface area (Å²) >= 11 is 0.856. The molecule has 3 aromatic rings. The maximum absolute atomic E-state index is 12.5. The van der Waals surface area contributed by atoms with Gasteiger partial charge in [-0.3, -0.25) is 14.8 Å². The largest absolute Gasteiger partial charge is 0.492 e. The molecule has 0 atom stereocenters. The topological polar surface area (TPSA) is 110 Å². The van der Waals surface area contributed by atoms with Gasteiger partial charge in [0.05, 0.1) is 13.2 Å². The van der Waals surface area contributed by atoms with Crippen LogP contribution in [0.15, 0.2) is 57.8 Å². The maximum atomic E-state index is 12.5. The second-order valence-corrected chi connectivity index (χ2v) is 6.96. The predicted octanol–water partition coefficient (Wildman–Crippen LogP) is 3.58. The van der Waals surface area contributed by atoms with Crippen molar-refractivity contribution in [1.82, 2.24) is 10.8 Å². The van der Waals surface area contributed by atoms with Crippen LogP contribution in [0.4, 0.5) is 4.79 Å². The van der Waals surface area contributed by atoms with Gasteiger partial charge in [0.15, 0.2) is 5.76 Å². The smallest absolute Gasteiger partial charge is 0.307 e. The summed E-state index contributed by atoms with van der Waals surface area (Å²) in [5.41, 5.74) is 2.89. The number of amides is 2. The molecule has 1 aromatic heterocycles. The molecule has 0 unspecified atom stereocenters. The molecule has 3 N–H and O–H groups in total. The van der Waals surface area contributed by atoms with Crippen LogP contribution in [0.25, 0.3) is 11.0 Å². The quantitative estimate of drug-likeness (QED) is 0.223. The zero-order valence-corrected chi connectivity index (χ0v) is 16.5. The van der Waals surface area contributed by atoms with Gasteiger partial charge in [0.25, 0.3) is 5.91 Å². The summed E-state index contributed by atoms with van der Waals surface area (Å²) in [5.74, 6) is 0.493. The first-order valence-corrected chi connectivity index (χ1v) is 9.56. The molecule has 29 heavy (non-hydrogen) atoms. The van der Waals surface area contributed by atoms with E-state index in [2.05, 4.69) is 5.32 Å². The Morgan fingerprint density at radius 1 is 1.14 bits per heavy atom. The number of carbonyl (C=O) groups excluding carboxylic acids is 2. The number of hydrogen-bond donors (Lipinski definition) is 3. The number of hydroxylamine groups is 1. The van der Waals surface area contributed by atoms with Gasteiger partial charge in [-0.05, 0) is 42.1 Å². The van der Waals surface area contributed by atoms with E-state index < -0.39 is 5.24 Å². The molecular weight excluding hydrogens is 396 g/mol. The number of rotatable bonds is 8. The van der Waals surface area contributed by atoms with Crippen molar-refractivity contribution >= 4 is 33.9 Å². The first kappa shape index (κ1) is 20.7. The summed E-state index contributed by atoms with van der Waals surface area (Å²) < 4.78 is 16.5. The van der Waals surface area contributed by atoms with Crippen molar-refractivity contribution in [3.63, 3.8) is 0 Å². The third kappa shape index (κ3) is 5.29. The number of para-hydroxylation sites is 1. The predicted molar refractivity (Wildman–Crippen MR) is 107 cm³/mol. The highest BCUT2D eigenvalue weighted by molar-refractivity contribution is 8.13. The van der Waals surface area contributed by atoms with Crippen LogP contribution in [0.3, 0.4) is 0 Å². The summed E-state index contributed by atoms with van der Waals surface area (Å²) in [5, 5.41) is 11.6. The van der Waals surface area contributed by atoms with E-state index >= 15 is 0 Å². The molecule has 3 rings (SSSR count). The van der Waals surface area contributed by atoms with Crippen molar-refractivity contribution in [3.8, 4) is 5.75 Å². The lowest BCUT2D eigenvalue weighted by Gasteiger charge is -2.08. The molecule has 1 heterocycles. The lowest BCUT2D eigenvalue weighted by Crippen LogP contribution is -2.28. The van der Waals surface area contributed by atoms with Crippen molar-refractivity contribution in [1.29, 1.82) is 0 Å². The van der Waals surface area contributed by atoms with Crippen molar-refractivity contribution < 1.29 is 28.7 Å². The molecule has 0 aliphatic carbocycles. The van der Waals surface area contributed by atoms with E-state index in [-0.39, 0.29) is 31.4 Å². The average Bonchev–Trinajstić information content (AvgIpc) is 3.11. The fourth-order valence-electron chi connectivity index (χ4n) is 2.72. The molecule has 8 nitrogen and oxygen atoms in total. The summed E-state index contributed by atoms with van der Waals surface area (Å²) in [4.78, 5) is 24.3. The van der Waals surface area contributed by atoms with E-state index in [0.717, 1.165) is 17.1 Å². The molecule has 0 saturated carbocycles. The Morgan fingerprint density at radius 2 is 1.90 bits per heavy atom. The molecule has 0 spiro atoms. The number of methoxy groups -OCH3 is 1. The fourth-order valence-corrected chi connectivity index (χ4v) is 3.25. The molecule has 0 fully saturated rings. The van der Waals surface area contributed by atoms with Gasteiger partial charge in [0.2, 0.25) is 0 Å². The Bertz CT molecular complexity index is 986. The number of fused-ring (bicyclic) bond motifs is 1. The van der Waals surface area contributed by atoms with E-state index in [1.165, 1.54) is 0 Å². The molecule has 0 bridgehead atoms. The molecular formula is C20H20N2O6S. The summed E-state index contributed by atoms with van der Waals surface area (Å²) in [6.45, 7) is 0.815. The van der Waals surface area contributed by atoms with Crippen LogP contribution in [0.5, 0.6) is 5.75 Å². The first-order chi connectivity index (χ1) is 14.1. The van der Waals surface area contributed by atoms with E-state index in [4.69, 9.17) is 19.1 Å². The molecule has 0 aliphatic rings. The number of carbonyl (C=O) groups is 2. The van der Waals surface area contributed by atoms with Gasteiger partial charge < -0.3 is 19.2 Å². The van der Waals surface area contributed by atoms with E-state index in [0.29, 0.717) is 21.8 Å². The molecule has 2 aromatic carbocycles. The minimum Gasteiger partial charge on any atom is -0.492 e. The summed E-state index contributed by atoms with van der Waals surface area (Å²) in [7, 11) is 1.57. The van der Waals surface area contributed by atoms with E-state index in [1.807, 2.05) is 18.2 Å². The second-order valence-electron chi connectivity index (χ2n) is 5.92. The Hall–Kier alpha value is -3.01. The van der Waals surface area contributed by atoms with Crippen LogP contribution in [-0.4, -0.2) is 36.6 Å². The molecule has 152 valence electrons. The maximum Gasteiger partial charge on any atom is 0.307 e. The number of thioether (sulfide) groups is 1. The molecule has 2 amide bonds. The average molecular weight is 416 g/mol. The van der Waals surface area contributed by atoms with Crippen LogP contribution < -0.4 is 15.5 Å². The lowest BCUT2D eigenvalue weighted by atomic mass is 10.1. The van der Waals surface area contributed by atoms with Gasteiger partial charge in [0.1, 0.15) is 17.9 Å². The van der Waals surface area contributed by atoms with Crippen LogP contribution in [0.2, 0.25) is 0 Å². The van der Waals surface area contributed by atoms with Gasteiger partial charge in [-0.15, -0.1) is 0 Å². The Kier molecular flexibility index (Phi) is 7.12. The van der Waals surface area contributed by atoms with Gasteiger partial charge in [0, 0.05) is 23.0 Å². The van der Waals surface area contributed by atoms with Crippen LogP contribution >= 0.6 is 11.8 Å². The highest BCUT2D eigenvalue weighted by Crippen LogP contribution is 2.26. The number of hydrogen-bond acceptors (Lipinski definition) is 7. The van der Waals surface area contributed by atoms with Gasteiger partial charge in [-0.25, -0.2) is 5.48 Å². The number of benzene rings is 2. The fraction of sp³-hybridized carbons (Fsp3) is 0.200. The number of ether oxygens (including phenoxy) is 2. The normalized spacial score (nSPS) is 10.7. The van der Waals surface area contributed by atoms with Crippen LogP contribution in [0, 0.1) is 0 Å². The lowest BCUT2D eigenvalue weighted by molar-refractivity contribution is 0.0915. The van der Waals surface area contributed by atoms with Gasteiger partial charge in [-0.1, -0.05) is 18.2 Å². The first-order valence-electron chi connectivity index (χ1n) is 8.74. The van der Waals surface area contributed by atoms with Crippen molar-refractivity contribution in [2.45, 2.75) is 11.5 Å². The van der Waals surface area contributed by atoms with Crippen LogP contribution in [-0.2, 0) is 11.3 Å². The molecule has 0 aliphatic heterocycles. The molecule has 0 saturated heterocycles. The third-order valence-electron chi connectivity index (χ3n) is 3.98. The number of furan rings is 1.